The molecule has 0 atom stereocenters. The minimum atomic E-state index is 0.865. The Balaban J connectivity index is 1.97. The van der Waals surface area contributed by atoms with Crippen LogP contribution in [0.2, 0.25) is 0 Å². The molecule has 0 aliphatic carbocycles. The van der Waals surface area contributed by atoms with Crippen molar-refractivity contribution in [3.63, 3.8) is 0 Å². The molecule has 0 fully saturated rings. The van der Waals surface area contributed by atoms with Crippen LogP contribution < -0.4 is 0 Å². The number of pyridine rings is 1. The number of hydrogen-bond donors (Lipinski definition) is 2. The maximum absolute atomic E-state index is 4.79. The molecule has 0 amide bonds. The van der Waals surface area contributed by atoms with E-state index < -0.39 is 0 Å². The van der Waals surface area contributed by atoms with Crippen molar-refractivity contribution in [3.8, 4) is 0 Å². The van der Waals surface area contributed by atoms with E-state index in [1.807, 2.05) is 0 Å². The Kier molecular flexibility index (Phi) is 4.26. The van der Waals surface area contributed by atoms with Gasteiger partial charge in [0.05, 0.1) is 11.4 Å². The van der Waals surface area contributed by atoms with E-state index in [-0.39, 0.29) is 0 Å². The van der Waals surface area contributed by atoms with Crippen molar-refractivity contribution in [1.82, 2.24) is 25.4 Å². The second-order valence-electron chi connectivity index (χ2n) is 6.66. The predicted molar refractivity (Wildman–Crippen MR) is 95.4 cm³/mol. The van der Waals surface area contributed by atoms with Gasteiger partial charge in [0.15, 0.2) is 0 Å². The molecule has 5 heteroatoms. The minimum Gasteiger partial charge on any atom is -0.282 e. The van der Waals surface area contributed by atoms with Gasteiger partial charge in [-0.25, -0.2) is 0 Å². The van der Waals surface area contributed by atoms with Crippen LogP contribution in [0.25, 0.3) is 0 Å². The summed E-state index contributed by atoms with van der Waals surface area (Å²) in [5.74, 6) is 0. The molecule has 0 radical (unpaired) electrons. The Morgan fingerprint density at radius 1 is 0.667 bits per heavy atom. The molecule has 3 aromatic heterocycles. The summed E-state index contributed by atoms with van der Waals surface area (Å²) >= 11 is 0. The van der Waals surface area contributed by atoms with Crippen molar-refractivity contribution in [2.45, 2.75) is 54.4 Å². The van der Waals surface area contributed by atoms with Crippen molar-refractivity contribution < 1.29 is 0 Å². The summed E-state index contributed by atoms with van der Waals surface area (Å²) in [6.07, 6.45) is 1.73. The molecule has 0 aromatic carbocycles. The van der Waals surface area contributed by atoms with Gasteiger partial charge in [-0.1, -0.05) is 6.07 Å². The maximum Gasteiger partial charge on any atom is 0.0629 e. The van der Waals surface area contributed by atoms with Crippen molar-refractivity contribution in [3.05, 3.63) is 62.5 Å². The normalized spacial score (nSPS) is 11.2. The van der Waals surface area contributed by atoms with Crippen molar-refractivity contribution in [2.75, 3.05) is 0 Å². The van der Waals surface area contributed by atoms with Crippen LogP contribution in [0.3, 0.4) is 0 Å². The van der Waals surface area contributed by atoms with Gasteiger partial charge in [-0.2, -0.15) is 10.2 Å². The lowest BCUT2D eigenvalue weighted by atomic mass is 9.96. The average Bonchev–Trinajstić information content (AvgIpc) is 3.01. The summed E-state index contributed by atoms with van der Waals surface area (Å²) in [5.41, 5.74) is 11.7. The fourth-order valence-electron chi connectivity index (χ4n) is 3.22. The van der Waals surface area contributed by atoms with Crippen LogP contribution in [0.1, 0.15) is 56.4 Å². The maximum atomic E-state index is 4.79. The van der Waals surface area contributed by atoms with Gasteiger partial charge in [0.25, 0.3) is 0 Å². The topological polar surface area (TPSA) is 70.2 Å². The molecule has 0 saturated heterocycles. The first kappa shape index (κ1) is 16.4. The number of nitrogens with one attached hydrogen (secondary N) is 2. The van der Waals surface area contributed by atoms with E-state index in [9.17, 15) is 0 Å². The fraction of sp³-hybridized carbons (Fsp3) is 0.421. The zero-order chi connectivity index (χ0) is 17.4. The second-order valence-corrected chi connectivity index (χ2v) is 6.66. The molecule has 0 bridgehead atoms. The standard InChI is InChI=1S/C19H25N5/c1-10-16(8-18-12(3)21-22-13(18)4)7-17(11(2)20-10)9-19-14(5)23-24-15(19)6/h7H,8-9H2,1-6H3,(H,21,22)(H,23,24). The second kappa shape index (κ2) is 6.23. The molecule has 0 aliphatic rings. The van der Waals surface area contributed by atoms with Gasteiger partial charge < -0.3 is 0 Å². The predicted octanol–water partition coefficient (Wildman–Crippen LogP) is 3.56. The fourth-order valence-corrected chi connectivity index (χ4v) is 3.22. The zero-order valence-electron chi connectivity index (χ0n) is 15.3. The first-order valence-corrected chi connectivity index (χ1v) is 8.33. The molecule has 2 N–H and O–H groups in total. The number of aryl methyl sites for hydroxylation is 6. The lowest BCUT2D eigenvalue weighted by Crippen LogP contribution is -2.04. The van der Waals surface area contributed by atoms with Crippen LogP contribution in [-0.2, 0) is 12.8 Å². The smallest absolute Gasteiger partial charge is 0.0629 e. The molecule has 0 aliphatic heterocycles. The lowest BCUT2D eigenvalue weighted by molar-refractivity contribution is 0.979. The number of aromatic nitrogens is 5. The van der Waals surface area contributed by atoms with Crippen LogP contribution in [0.4, 0.5) is 0 Å². The summed E-state index contributed by atoms with van der Waals surface area (Å²) in [6, 6.07) is 2.30. The van der Waals surface area contributed by atoms with Crippen LogP contribution >= 0.6 is 0 Å². The van der Waals surface area contributed by atoms with Gasteiger partial charge in [0.1, 0.15) is 0 Å². The Morgan fingerprint density at radius 2 is 1.08 bits per heavy atom. The number of hydrogen-bond acceptors (Lipinski definition) is 3. The van der Waals surface area contributed by atoms with Crippen LogP contribution in [-0.4, -0.2) is 25.4 Å². The van der Waals surface area contributed by atoms with E-state index in [0.717, 1.165) is 47.0 Å². The summed E-state index contributed by atoms with van der Waals surface area (Å²) in [4.78, 5) is 4.79. The van der Waals surface area contributed by atoms with Crippen molar-refractivity contribution in [1.29, 1.82) is 0 Å². The summed E-state index contributed by atoms with van der Waals surface area (Å²) < 4.78 is 0. The molecule has 3 heterocycles. The first-order chi connectivity index (χ1) is 11.4. The summed E-state index contributed by atoms with van der Waals surface area (Å²) in [5, 5.41) is 14.8. The quantitative estimate of drug-likeness (QED) is 0.771. The highest BCUT2D eigenvalue weighted by molar-refractivity contribution is 5.39. The Labute approximate surface area is 142 Å². The molecule has 0 saturated carbocycles. The Hall–Kier alpha value is -2.43. The molecule has 5 nitrogen and oxygen atoms in total. The number of aromatic amines is 2. The van der Waals surface area contributed by atoms with E-state index in [1.165, 1.54) is 22.3 Å². The van der Waals surface area contributed by atoms with Gasteiger partial charge in [0.2, 0.25) is 0 Å². The average molecular weight is 323 g/mol. The van der Waals surface area contributed by atoms with Crippen LogP contribution in [0.5, 0.6) is 0 Å². The molecule has 24 heavy (non-hydrogen) atoms. The zero-order valence-corrected chi connectivity index (χ0v) is 15.3. The van der Waals surface area contributed by atoms with Crippen molar-refractivity contribution >= 4 is 0 Å². The lowest BCUT2D eigenvalue weighted by Gasteiger charge is -2.12. The SMILES string of the molecule is Cc1nc(C)c(Cc2c(C)n[nH]c2C)cc1Cc1c(C)n[nH]c1C. The van der Waals surface area contributed by atoms with E-state index in [4.69, 9.17) is 4.98 Å². The third-order valence-corrected chi connectivity index (χ3v) is 4.91. The van der Waals surface area contributed by atoms with Gasteiger partial charge in [-0.15, -0.1) is 0 Å². The van der Waals surface area contributed by atoms with Gasteiger partial charge in [0, 0.05) is 46.7 Å². The molecule has 0 spiro atoms. The highest BCUT2D eigenvalue weighted by Gasteiger charge is 2.14. The monoisotopic (exact) mass is 323 g/mol. The molecular weight excluding hydrogens is 298 g/mol. The number of rotatable bonds is 4. The third kappa shape index (κ3) is 2.98. The summed E-state index contributed by atoms with van der Waals surface area (Å²) in [7, 11) is 0. The minimum absolute atomic E-state index is 0.865. The molecular formula is C19H25N5. The number of nitrogens with zero attached hydrogens (tertiary/aromatic N) is 3. The van der Waals surface area contributed by atoms with E-state index in [2.05, 4.69) is 68.0 Å². The first-order valence-electron chi connectivity index (χ1n) is 8.33. The molecule has 3 rings (SSSR count). The summed E-state index contributed by atoms with van der Waals surface area (Å²) in [6.45, 7) is 12.4. The Bertz CT molecular complexity index is 777. The highest BCUT2D eigenvalue weighted by Crippen LogP contribution is 2.23. The Morgan fingerprint density at radius 3 is 1.42 bits per heavy atom. The third-order valence-electron chi connectivity index (χ3n) is 4.91. The van der Waals surface area contributed by atoms with Gasteiger partial charge in [-0.05, 0) is 52.7 Å². The van der Waals surface area contributed by atoms with E-state index in [0.29, 0.717) is 0 Å². The largest absolute Gasteiger partial charge is 0.282 e. The van der Waals surface area contributed by atoms with Gasteiger partial charge in [-0.3, -0.25) is 15.2 Å². The van der Waals surface area contributed by atoms with E-state index >= 15 is 0 Å². The molecule has 0 unspecified atom stereocenters. The highest BCUT2D eigenvalue weighted by atomic mass is 15.1. The van der Waals surface area contributed by atoms with Crippen molar-refractivity contribution in [2.24, 2.45) is 0 Å². The van der Waals surface area contributed by atoms with E-state index in [1.54, 1.807) is 0 Å². The molecule has 3 aromatic rings. The van der Waals surface area contributed by atoms with Crippen LogP contribution in [0.15, 0.2) is 6.07 Å². The number of H-pyrrole nitrogens is 2. The van der Waals surface area contributed by atoms with Gasteiger partial charge >= 0.3 is 0 Å². The van der Waals surface area contributed by atoms with Crippen LogP contribution in [0, 0.1) is 41.5 Å². The molecule has 126 valence electrons.